The Labute approximate surface area is 226 Å². The summed E-state index contributed by atoms with van der Waals surface area (Å²) >= 11 is 3.46. The van der Waals surface area contributed by atoms with E-state index in [4.69, 9.17) is 14.2 Å². The lowest BCUT2D eigenvalue weighted by Crippen LogP contribution is -2.44. The predicted molar refractivity (Wildman–Crippen MR) is 141 cm³/mol. The van der Waals surface area contributed by atoms with Gasteiger partial charge in [0.25, 0.3) is 0 Å². The molecule has 2 fully saturated rings. The van der Waals surface area contributed by atoms with Crippen LogP contribution in [0.5, 0.6) is 17.2 Å². The molecule has 4 heterocycles. The number of amides is 2. The molecule has 2 saturated heterocycles. The number of halogens is 1. The minimum absolute atomic E-state index is 0.0834. The number of carbonyl (C=O) groups is 3. The normalized spacial score (nSPS) is 24.4. The van der Waals surface area contributed by atoms with Gasteiger partial charge in [-0.05, 0) is 63.5 Å². The summed E-state index contributed by atoms with van der Waals surface area (Å²) < 4.78 is 16.8. The summed E-state index contributed by atoms with van der Waals surface area (Å²) in [6.07, 6.45) is 3.78. The van der Waals surface area contributed by atoms with Crippen LogP contribution >= 0.6 is 15.9 Å². The van der Waals surface area contributed by atoms with Gasteiger partial charge < -0.3 is 19.1 Å². The standard InChI is InChI=1S/C29H21BrN2O6/c1-36-20-8-6-16(12-19(20)30)27(33)26-24-23(25-18-5-3-2-4-15(18)10-11-31(25)26)28(34)32(29(24)35)17-7-9-21-22(13-17)38-14-37-21/h2-13,23-26H,14H2,1H3/t23-,24+,25+,26+/m0/s1. The van der Waals surface area contributed by atoms with Crippen LogP contribution in [0, 0.1) is 11.8 Å². The van der Waals surface area contributed by atoms with Crippen molar-refractivity contribution >= 4 is 45.3 Å². The van der Waals surface area contributed by atoms with E-state index in [1.54, 1.807) is 43.5 Å². The van der Waals surface area contributed by atoms with E-state index in [1.165, 1.54) is 4.90 Å². The third-order valence-corrected chi connectivity index (χ3v) is 8.40. The maximum atomic E-state index is 14.1. The molecule has 0 radical (unpaired) electrons. The minimum atomic E-state index is -0.859. The summed E-state index contributed by atoms with van der Waals surface area (Å²) in [6, 6.07) is 16.6. The van der Waals surface area contributed by atoms with Crippen molar-refractivity contribution in [2.24, 2.45) is 11.8 Å². The van der Waals surface area contributed by atoms with Gasteiger partial charge in [-0.15, -0.1) is 0 Å². The largest absolute Gasteiger partial charge is 0.496 e. The predicted octanol–water partition coefficient (Wildman–Crippen LogP) is 4.58. The fourth-order valence-electron chi connectivity index (χ4n) is 6.13. The summed E-state index contributed by atoms with van der Waals surface area (Å²) in [5.74, 6) is -0.917. The molecule has 4 atom stereocenters. The van der Waals surface area contributed by atoms with Crippen molar-refractivity contribution in [2.75, 3.05) is 18.8 Å². The molecule has 0 bridgehead atoms. The van der Waals surface area contributed by atoms with Crippen LogP contribution in [0.4, 0.5) is 5.69 Å². The van der Waals surface area contributed by atoms with Crippen LogP contribution in [0.3, 0.4) is 0 Å². The summed E-state index contributed by atoms with van der Waals surface area (Å²) in [7, 11) is 1.55. The van der Waals surface area contributed by atoms with Crippen LogP contribution in [0.15, 0.2) is 71.3 Å². The van der Waals surface area contributed by atoms with Crippen molar-refractivity contribution in [1.29, 1.82) is 0 Å². The van der Waals surface area contributed by atoms with Crippen LogP contribution in [0.1, 0.15) is 27.5 Å². The number of imide groups is 1. The summed E-state index contributed by atoms with van der Waals surface area (Å²) in [6.45, 7) is 0.0834. The number of anilines is 1. The maximum Gasteiger partial charge on any atom is 0.240 e. The highest BCUT2D eigenvalue weighted by atomic mass is 79.9. The number of methoxy groups -OCH3 is 1. The second-order valence-corrected chi connectivity index (χ2v) is 10.5. The van der Waals surface area contributed by atoms with Crippen LogP contribution in [0.2, 0.25) is 0 Å². The molecule has 0 saturated carbocycles. The second kappa shape index (κ2) is 8.46. The third-order valence-electron chi connectivity index (χ3n) is 7.78. The SMILES string of the molecule is COc1ccc(C(=O)[C@H]2[C@@H]3C(=O)N(c4ccc5c(c4)OCO5)C(=O)[C@@H]3[C@H]3c4ccccc4C=CN32)cc1Br. The number of fused-ring (bicyclic) bond motifs is 6. The molecule has 8 nitrogen and oxygen atoms in total. The molecule has 0 unspecified atom stereocenters. The van der Waals surface area contributed by atoms with E-state index in [0.29, 0.717) is 33.0 Å². The molecule has 4 aliphatic heterocycles. The zero-order chi connectivity index (χ0) is 26.1. The van der Waals surface area contributed by atoms with Gasteiger partial charge in [0.05, 0.1) is 35.1 Å². The molecule has 7 rings (SSSR count). The first-order valence-electron chi connectivity index (χ1n) is 12.2. The monoisotopic (exact) mass is 572 g/mol. The molecular weight excluding hydrogens is 552 g/mol. The molecule has 9 heteroatoms. The molecular formula is C29H21BrN2O6. The fraction of sp³-hybridized carbons (Fsp3) is 0.207. The van der Waals surface area contributed by atoms with Gasteiger partial charge in [0.15, 0.2) is 17.3 Å². The van der Waals surface area contributed by atoms with Gasteiger partial charge in [0, 0.05) is 17.8 Å². The Morgan fingerprint density at radius 2 is 1.76 bits per heavy atom. The average molecular weight is 573 g/mol. The quantitative estimate of drug-likeness (QED) is 0.334. The van der Waals surface area contributed by atoms with Crippen molar-refractivity contribution in [1.82, 2.24) is 4.90 Å². The lowest BCUT2D eigenvalue weighted by molar-refractivity contribution is -0.123. The molecule has 190 valence electrons. The topological polar surface area (TPSA) is 85.4 Å². The Morgan fingerprint density at radius 3 is 2.58 bits per heavy atom. The molecule has 0 aromatic heterocycles. The van der Waals surface area contributed by atoms with Gasteiger partial charge in [-0.25, -0.2) is 4.90 Å². The number of ether oxygens (including phenoxy) is 3. The lowest BCUT2D eigenvalue weighted by Gasteiger charge is -2.35. The number of hydrogen-bond acceptors (Lipinski definition) is 7. The molecule has 3 aromatic carbocycles. The van der Waals surface area contributed by atoms with Crippen LogP contribution < -0.4 is 19.1 Å². The highest BCUT2D eigenvalue weighted by Crippen LogP contribution is 2.54. The molecule has 0 N–H and O–H groups in total. The Hall–Kier alpha value is -4.11. The summed E-state index contributed by atoms with van der Waals surface area (Å²) in [5.41, 5.74) is 2.72. The van der Waals surface area contributed by atoms with E-state index in [2.05, 4.69) is 15.9 Å². The smallest absolute Gasteiger partial charge is 0.240 e. The van der Waals surface area contributed by atoms with Crippen molar-refractivity contribution in [2.45, 2.75) is 12.1 Å². The Bertz CT molecular complexity index is 1570. The Balaban J connectivity index is 1.35. The van der Waals surface area contributed by atoms with Gasteiger partial charge in [-0.3, -0.25) is 14.4 Å². The summed E-state index contributed by atoms with van der Waals surface area (Å²) in [5, 5.41) is 0. The lowest BCUT2D eigenvalue weighted by atomic mass is 9.83. The number of ketones is 1. The van der Waals surface area contributed by atoms with Crippen molar-refractivity contribution in [3.8, 4) is 17.2 Å². The first-order valence-corrected chi connectivity index (χ1v) is 13.0. The Kier molecular flexibility index (Phi) is 5.13. The zero-order valence-corrected chi connectivity index (χ0v) is 21.8. The average Bonchev–Trinajstić information content (AvgIpc) is 3.61. The van der Waals surface area contributed by atoms with Gasteiger partial charge in [0.2, 0.25) is 18.6 Å². The number of rotatable bonds is 4. The number of nitrogens with zero attached hydrogens (tertiary/aromatic N) is 2. The van der Waals surface area contributed by atoms with Crippen LogP contribution in [-0.4, -0.2) is 42.4 Å². The first kappa shape index (κ1) is 23.0. The van der Waals surface area contributed by atoms with Crippen molar-refractivity contribution in [3.63, 3.8) is 0 Å². The maximum absolute atomic E-state index is 14.1. The van der Waals surface area contributed by atoms with Gasteiger partial charge >= 0.3 is 0 Å². The molecule has 0 spiro atoms. The molecule has 2 amide bonds. The van der Waals surface area contributed by atoms with E-state index >= 15 is 0 Å². The van der Waals surface area contributed by atoms with Crippen molar-refractivity contribution in [3.05, 3.63) is 88.0 Å². The van der Waals surface area contributed by atoms with Gasteiger partial charge in [-0.1, -0.05) is 24.3 Å². The molecule has 0 aliphatic carbocycles. The Morgan fingerprint density at radius 1 is 0.974 bits per heavy atom. The van der Waals surface area contributed by atoms with E-state index in [0.717, 1.165) is 11.1 Å². The van der Waals surface area contributed by atoms with Gasteiger partial charge in [0.1, 0.15) is 11.8 Å². The minimum Gasteiger partial charge on any atom is -0.496 e. The van der Waals surface area contributed by atoms with E-state index in [-0.39, 0.29) is 18.5 Å². The fourth-order valence-corrected chi connectivity index (χ4v) is 6.67. The highest BCUT2D eigenvalue weighted by Gasteiger charge is 2.64. The third kappa shape index (κ3) is 3.18. The zero-order valence-electron chi connectivity index (χ0n) is 20.2. The van der Waals surface area contributed by atoms with Crippen molar-refractivity contribution < 1.29 is 28.6 Å². The number of Topliss-reactive ketones (excluding diaryl/α,β-unsaturated/α-hetero) is 1. The summed E-state index contributed by atoms with van der Waals surface area (Å²) in [4.78, 5) is 45.3. The molecule has 38 heavy (non-hydrogen) atoms. The number of hydrogen-bond donors (Lipinski definition) is 0. The molecule has 3 aromatic rings. The van der Waals surface area contributed by atoms with Gasteiger partial charge in [-0.2, -0.15) is 0 Å². The first-order chi connectivity index (χ1) is 18.5. The van der Waals surface area contributed by atoms with E-state index in [1.807, 2.05) is 41.4 Å². The van der Waals surface area contributed by atoms with E-state index in [9.17, 15) is 14.4 Å². The van der Waals surface area contributed by atoms with Crippen LogP contribution in [-0.2, 0) is 9.59 Å². The van der Waals surface area contributed by atoms with E-state index < -0.39 is 29.8 Å². The second-order valence-electron chi connectivity index (χ2n) is 9.60. The molecule has 4 aliphatic rings. The number of benzene rings is 3. The number of carbonyl (C=O) groups excluding carboxylic acids is 3. The van der Waals surface area contributed by atoms with Crippen LogP contribution in [0.25, 0.3) is 6.08 Å². The highest BCUT2D eigenvalue weighted by molar-refractivity contribution is 9.10.